The van der Waals surface area contributed by atoms with Crippen molar-refractivity contribution in [3.63, 3.8) is 0 Å². The van der Waals surface area contributed by atoms with Crippen LogP contribution < -0.4 is 21.1 Å². The van der Waals surface area contributed by atoms with Gasteiger partial charge >= 0.3 is 0 Å². The zero-order valence-electron chi connectivity index (χ0n) is 22.4. The minimum atomic E-state index is -0.237. The van der Waals surface area contributed by atoms with E-state index in [1.165, 1.54) is 0 Å². The molecule has 0 aliphatic carbocycles. The number of aryl methyl sites for hydroxylation is 1. The molecule has 1 atom stereocenters. The van der Waals surface area contributed by atoms with Crippen LogP contribution in [0, 0.1) is 6.92 Å². The normalized spacial score (nSPS) is 16.9. The van der Waals surface area contributed by atoms with E-state index in [0.717, 1.165) is 55.0 Å². The predicted molar refractivity (Wildman–Crippen MR) is 153 cm³/mol. The highest BCUT2D eigenvalue weighted by molar-refractivity contribution is 6.04. The fourth-order valence-electron chi connectivity index (χ4n) is 5.35. The number of likely N-dealkylation sites (tertiary alicyclic amines) is 1. The fourth-order valence-corrected chi connectivity index (χ4v) is 5.35. The van der Waals surface area contributed by atoms with Crippen molar-refractivity contribution in [2.45, 2.75) is 38.9 Å². The van der Waals surface area contributed by atoms with Crippen LogP contribution in [-0.4, -0.2) is 45.4 Å². The van der Waals surface area contributed by atoms with Gasteiger partial charge in [0.05, 0.1) is 12.0 Å². The molecule has 0 radical (unpaired) electrons. The maximum atomic E-state index is 13.3. The molecule has 2 aliphatic rings. The van der Waals surface area contributed by atoms with Crippen molar-refractivity contribution in [1.29, 1.82) is 0 Å². The molecule has 1 fully saturated rings. The van der Waals surface area contributed by atoms with Crippen LogP contribution in [-0.2, 0) is 13.1 Å². The Hall–Kier alpha value is -4.47. The molecule has 40 heavy (non-hydrogen) atoms. The molecular formula is C31H32N6O3. The summed E-state index contributed by atoms with van der Waals surface area (Å²) < 4.78 is 7.99. The Morgan fingerprint density at radius 3 is 2.85 bits per heavy atom. The number of nitrogens with one attached hydrogen (secondary N) is 2. The first-order valence-corrected chi connectivity index (χ1v) is 13.5. The van der Waals surface area contributed by atoms with Crippen molar-refractivity contribution in [3.05, 3.63) is 101 Å². The molecule has 204 valence electrons. The molecule has 1 unspecified atom stereocenters. The first kappa shape index (κ1) is 25.8. The van der Waals surface area contributed by atoms with Crippen LogP contribution in [0.2, 0.25) is 0 Å². The van der Waals surface area contributed by atoms with Gasteiger partial charge in [0.1, 0.15) is 11.5 Å². The smallest absolute Gasteiger partial charge is 0.255 e. The summed E-state index contributed by atoms with van der Waals surface area (Å²) in [6.45, 7) is 5.06. The zero-order valence-corrected chi connectivity index (χ0v) is 22.4. The number of amides is 2. The van der Waals surface area contributed by atoms with E-state index in [0.29, 0.717) is 34.9 Å². The van der Waals surface area contributed by atoms with Crippen LogP contribution in [0.4, 0.5) is 5.69 Å². The van der Waals surface area contributed by atoms with E-state index in [4.69, 9.17) is 10.5 Å². The Kier molecular flexibility index (Phi) is 7.06. The quantitative estimate of drug-likeness (QED) is 0.323. The SMILES string of the molecule is Cc1cn(-c2cc(CN3CCCC(N)C3)cc(NC(=O)c3cccc(Oc4ccc5c(c4)CNC5=O)c3)c2)cn1. The number of ether oxygens (including phenoxy) is 1. The van der Waals surface area contributed by atoms with Crippen LogP contribution in [0.5, 0.6) is 11.5 Å². The van der Waals surface area contributed by atoms with Crippen LogP contribution in [0.25, 0.3) is 5.69 Å². The van der Waals surface area contributed by atoms with Gasteiger partial charge in [0.2, 0.25) is 0 Å². The zero-order chi connectivity index (χ0) is 27.6. The third-order valence-corrected chi connectivity index (χ3v) is 7.29. The van der Waals surface area contributed by atoms with Gasteiger partial charge in [-0.1, -0.05) is 6.07 Å². The van der Waals surface area contributed by atoms with E-state index in [1.54, 1.807) is 42.7 Å². The largest absolute Gasteiger partial charge is 0.457 e. The molecule has 1 aromatic heterocycles. The van der Waals surface area contributed by atoms with Gasteiger partial charge in [-0.3, -0.25) is 14.5 Å². The van der Waals surface area contributed by atoms with Crippen LogP contribution in [0.3, 0.4) is 0 Å². The number of fused-ring (bicyclic) bond motifs is 1. The minimum absolute atomic E-state index is 0.0740. The summed E-state index contributed by atoms with van der Waals surface area (Å²) >= 11 is 0. The monoisotopic (exact) mass is 536 g/mol. The summed E-state index contributed by atoms with van der Waals surface area (Å²) in [6.07, 6.45) is 5.89. The van der Waals surface area contributed by atoms with E-state index in [-0.39, 0.29) is 17.9 Å². The topological polar surface area (TPSA) is 115 Å². The van der Waals surface area contributed by atoms with E-state index in [2.05, 4.69) is 26.6 Å². The summed E-state index contributed by atoms with van der Waals surface area (Å²) in [5.74, 6) is 0.835. The Morgan fingerprint density at radius 2 is 2.02 bits per heavy atom. The van der Waals surface area contributed by atoms with Gasteiger partial charge in [0.15, 0.2) is 0 Å². The lowest BCUT2D eigenvalue weighted by atomic mass is 10.1. The number of nitrogens with two attached hydrogens (primary N) is 1. The number of hydrogen-bond donors (Lipinski definition) is 3. The molecule has 9 heteroatoms. The van der Waals surface area contributed by atoms with Gasteiger partial charge in [-0.05, 0) is 92.0 Å². The first-order valence-electron chi connectivity index (χ1n) is 13.5. The molecule has 4 aromatic rings. The van der Waals surface area contributed by atoms with Crippen molar-refractivity contribution in [1.82, 2.24) is 19.8 Å². The van der Waals surface area contributed by atoms with Crippen molar-refractivity contribution in [2.75, 3.05) is 18.4 Å². The molecule has 0 bridgehead atoms. The molecule has 3 aromatic carbocycles. The summed E-state index contributed by atoms with van der Waals surface area (Å²) in [5, 5.41) is 5.88. The Bertz CT molecular complexity index is 1580. The average molecular weight is 537 g/mol. The fraction of sp³-hybridized carbons (Fsp3) is 0.258. The van der Waals surface area contributed by atoms with Crippen LogP contribution >= 0.6 is 0 Å². The van der Waals surface area contributed by atoms with Crippen LogP contribution in [0.1, 0.15) is 50.4 Å². The molecule has 0 saturated carbocycles. The maximum absolute atomic E-state index is 13.3. The lowest BCUT2D eigenvalue weighted by molar-refractivity contribution is 0.0964. The van der Waals surface area contributed by atoms with Gasteiger partial charge in [-0.25, -0.2) is 4.98 Å². The molecule has 2 amide bonds. The van der Waals surface area contributed by atoms with Crippen molar-refractivity contribution >= 4 is 17.5 Å². The van der Waals surface area contributed by atoms with Gasteiger partial charge in [-0.2, -0.15) is 0 Å². The van der Waals surface area contributed by atoms with Crippen molar-refractivity contribution in [3.8, 4) is 17.2 Å². The Morgan fingerprint density at radius 1 is 1.15 bits per heavy atom. The molecular weight excluding hydrogens is 504 g/mol. The number of carbonyl (C=O) groups excluding carboxylic acids is 2. The second-order valence-corrected chi connectivity index (χ2v) is 10.5. The first-order chi connectivity index (χ1) is 19.4. The van der Waals surface area contributed by atoms with Gasteiger partial charge in [0, 0.05) is 54.4 Å². The third kappa shape index (κ3) is 5.75. The standard InChI is InChI=1S/C31H32N6O3/c1-20-16-37(19-34-20)26-11-21(17-36-9-3-5-24(32)18-36)10-25(14-26)35-30(38)22-4-2-6-27(12-22)40-28-7-8-29-23(13-28)15-33-31(29)39/h2,4,6-8,10-14,16,19,24H,3,5,9,15,17-18,32H2,1H3,(H,33,39)(H,35,38). The second-order valence-electron chi connectivity index (χ2n) is 10.5. The lowest BCUT2D eigenvalue weighted by Gasteiger charge is -2.30. The van der Waals surface area contributed by atoms with Gasteiger partial charge in [-0.15, -0.1) is 0 Å². The maximum Gasteiger partial charge on any atom is 0.255 e. The molecule has 9 nitrogen and oxygen atoms in total. The predicted octanol–water partition coefficient (Wildman–Crippen LogP) is 4.39. The van der Waals surface area contributed by atoms with Crippen LogP contribution in [0.15, 0.2) is 73.2 Å². The van der Waals surface area contributed by atoms with E-state index in [9.17, 15) is 9.59 Å². The van der Waals surface area contributed by atoms with Gasteiger partial charge in [0.25, 0.3) is 11.8 Å². The number of nitrogens with zero attached hydrogens (tertiary/aromatic N) is 3. The average Bonchev–Trinajstić information content (AvgIpc) is 3.54. The number of piperidine rings is 1. The number of aromatic nitrogens is 2. The van der Waals surface area contributed by atoms with Gasteiger partial charge < -0.3 is 25.7 Å². The number of anilines is 1. The number of benzene rings is 3. The summed E-state index contributed by atoms with van der Waals surface area (Å²) in [7, 11) is 0. The number of rotatable bonds is 7. The minimum Gasteiger partial charge on any atom is -0.457 e. The number of imidazole rings is 1. The van der Waals surface area contributed by atoms with Crippen molar-refractivity contribution < 1.29 is 14.3 Å². The Balaban J connectivity index is 1.21. The molecule has 2 aliphatic heterocycles. The summed E-state index contributed by atoms with van der Waals surface area (Å²) in [6, 6.07) is 18.7. The second kappa shape index (κ2) is 11.0. The lowest BCUT2D eigenvalue weighted by Crippen LogP contribution is -2.42. The molecule has 6 rings (SSSR count). The molecule has 4 N–H and O–H groups in total. The number of hydrogen-bond acceptors (Lipinski definition) is 6. The highest BCUT2D eigenvalue weighted by Crippen LogP contribution is 2.28. The Labute approximate surface area is 233 Å². The number of carbonyl (C=O) groups is 2. The highest BCUT2D eigenvalue weighted by atomic mass is 16.5. The molecule has 0 spiro atoms. The van der Waals surface area contributed by atoms with Crippen molar-refractivity contribution in [2.24, 2.45) is 5.73 Å². The van der Waals surface area contributed by atoms with E-state index >= 15 is 0 Å². The van der Waals surface area contributed by atoms with E-state index in [1.807, 2.05) is 35.9 Å². The summed E-state index contributed by atoms with van der Waals surface area (Å²) in [5.41, 5.74) is 11.9. The molecule has 3 heterocycles. The van der Waals surface area contributed by atoms with E-state index < -0.39 is 0 Å². The highest BCUT2D eigenvalue weighted by Gasteiger charge is 2.20. The third-order valence-electron chi connectivity index (χ3n) is 7.29. The summed E-state index contributed by atoms with van der Waals surface area (Å²) in [4.78, 5) is 31.9. The molecule has 1 saturated heterocycles.